The van der Waals surface area contributed by atoms with Gasteiger partial charge in [-0.05, 0) is 0 Å². The van der Waals surface area contributed by atoms with Crippen LogP contribution < -0.4 is 38.8 Å². The quantitative estimate of drug-likeness (QED) is 0.178. The molecule has 0 heterocycles. The summed E-state index contributed by atoms with van der Waals surface area (Å²) in [6, 6.07) is 0. The fraction of sp³-hybridized carbons (Fsp3) is 0. The summed E-state index contributed by atoms with van der Waals surface area (Å²) in [5.74, 6) is 0. The van der Waals surface area contributed by atoms with Crippen molar-refractivity contribution < 1.29 is 151 Å². The molecule has 6 nitrogen and oxygen atoms in total. The van der Waals surface area contributed by atoms with Crippen molar-refractivity contribution in [2.75, 3.05) is 0 Å². The van der Waals surface area contributed by atoms with Crippen molar-refractivity contribution in [3.8, 4) is 0 Å². The van der Waals surface area contributed by atoms with Crippen molar-refractivity contribution in [2.45, 2.75) is 0 Å². The Morgan fingerprint density at radius 3 is 0.417 bits per heavy atom. The first-order valence-corrected chi connectivity index (χ1v) is 6.21. The average molecular weight is 762 g/mol. The van der Waals surface area contributed by atoms with Crippen LogP contribution in [0.2, 0.25) is 0 Å². The van der Waals surface area contributed by atoms with Gasteiger partial charge in [0.2, 0.25) is 0 Å². The Balaban J connectivity index is -0.0000000180. The van der Waals surface area contributed by atoms with Gasteiger partial charge in [-0.1, -0.05) is 0 Å². The zero-order valence-corrected chi connectivity index (χ0v) is 13.9. The molecule has 0 aromatic carbocycles. The first-order valence-electron chi connectivity index (χ1n) is 0.926. The van der Waals surface area contributed by atoms with E-state index in [1.807, 2.05) is 0 Å². The van der Waals surface area contributed by atoms with E-state index in [1.54, 1.807) is 0 Å². The van der Waals surface area contributed by atoms with E-state index >= 15 is 0 Å². The normalized spacial score (nSPS) is 13.5. The number of hydrogen-bond acceptors (Lipinski definition) is 6. The number of rotatable bonds is 0. The summed E-state index contributed by atoms with van der Waals surface area (Å²) in [7, 11) is 0. The van der Waals surface area contributed by atoms with E-state index in [0.717, 1.165) is 0 Å². The molecule has 0 fully saturated rings. The molecule has 12 heteroatoms. The molecule has 0 N–H and O–H groups in total. The summed E-state index contributed by atoms with van der Waals surface area (Å²) in [6.45, 7) is 0. The third kappa shape index (κ3) is 141. The van der Waals surface area contributed by atoms with Gasteiger partial charge < -0.3 is 0 Å². The maximum atomic E-state index is 8.66. The van der Waals surface area contributed by atoms with Crippen LogP contribution in [0, 0.1) is 0 Å². The first-order chi connectivity index (χ1) is 2.45. The van der Waals surface area contributed by atoms with Crippen molar-refractivity contribution in [2.24, 2.45) is 0 Å². The average Bonchev–Trinajstić information content (AvgIpc) is 0.592. The van der Waals surface area contributed by atoms with Gasteiger partial charge in [0.05, 0.1) is 0 Å². The van der Waals surface area contributed by atoms with Gasteiger partial charge >= 0.3 is 151 Å². The molecule has 0 aliphatic rings. The van der Waals surface area contributed by atoms with Crippen LogP contribution in [0.4, 0.5) is 0 Å². The predicted molar refractivity (Wildman–Crippen MR) is 0 cm³/mol. The van der Waals surface area contributed by atoms with Crippen molar-refractivity contribution in [3.63, 3.8) is 0 Å². The molecular formula is Ag5IO6. The summed E-state index contributed by atoms with van der Waals surface area (Å²) in [4.78, 5) is 0. The molecule has 0 saturated carbocycles. The molecule has 0 rings (SSSR count). The number of hydrogen-bond donors (Lipinski definition) is 0. The second-order valence-electron chi connectivity index (χ2n) is 0.945. The third-order valence-electron chi connectivity index (χ3n) is 0. The van der Waals surface area contributed by atoms with Gasteiger partial charge in [0, 0.05) is 0 Å². The Morgan fingerprint density at radius 2 is 0.417 bits per heavy atom. The van der Waals surface area contributed by atoms with Gasteiger partial charge in [-0.3, -0.25) is 0 Å². The molecule has 12 heavy (non-hydrogen) atoms. The molecule has 0 spiro atoms. The third-order valence-corrected chi connectivity index (χ3v) is 0. The van der Waals surface area contributed by atoms with E-state index in [4.69, 9.17) is 20.6 Å². The molecule has 0 aromatic heterocycles. The fourth-order valence-electron chi connectivity index (χ4n) is 0. The summed E-state index contributed by atoms with van der Waals surface area (Å²) >= 11 is -9.62. The minimum absolute atomic E-state index is 0. The Bertz CT molecular complexity index is 74.5. The molecule has 0 radical (unpaired) electrons. The monoisotopic (exact) mass is 757 g/mol. The summed E-state index contributed by atoms with van der Waals surface area (Å²) in [5, 5.41) is 0. The Morgan fingerprint density at radius 1 is 0.417 bits per heavy atom. The molecular weight excluding hydrogens is 762 g/mol. The van der Waals surface area contributed by atoms with Gasteiger partial charge in [-0.2, -0.15) is 0 Å². The molecule has 0 amide bonds. The first kappa shape index (κ1) is 36.0. The van der Waals surface area contributed by atoms with Crippen LogP contribution in [-0.4, -0.2) is 0 Å². The van der Waals surface area contributed by atoms with Gasteiger partial charge in [0.1, 0.15) is 0 Å². The van der Waals surface area contributed by atoms with Crippen LogP contribution >= 0.6 is 0 Å². The van der Waals surface area contributed by atoms with Gasteiger partial charge in [0.25, 0.3) is 0 Å². The summed E-state index contributed by atoms with van der Waals surface area (Å²) in [6.07, 6.45) is 0. The molecule has 0 saturated heterocycles. The zero-order valence-electron chi connectivity index (χ0n) is 4.34. The minimum atomic E-state index is -9.62. The second kappa shape index (κ2) is 8.31. The van der Waals surface area contributed by atoms with Gasteiger partial charge in [-0.15, -0.1) is 0 Å². The van der Waals surface area contributed by atoms with Crippen LogP contribution in [0.3, 0.4) is 0 Å². The molecule has 98 valence electrons. The van der Waals surface area contributed by atoms with E-state index in [-0.39, 0.29) is 112 Å². The molecule has 0 atom stereocenters. The van der Waals surface area contributed by atoms with Gasteiger partial charge in [-0.25, -0.2) is 0 Å². The van der Waals surface area contributed by atoms with E-state index in [9.17, 15) is 0 Å². The van der Waals surface area contributed by atoms with Crippen LogP contribution in [0.1, 0.15) is 0 Å². The van der Waals surface area contributed by atoms with Crippen LogP contribution in [0.15, 0.2) is 0 Å². The van der Waals surface area contributed by atoms with Crippen molar-refractivity contribution in [1.29, 1.82) is 0 Å². The van der Waals surface area contributed by atoms with Crippen molar-refractivity contribution in [3.05, 3.63) is 0 Å². The van der Waals surface area contributed by atoms with E-state index in [2.05, 4.69) is 0 Å². The second-order valence-corrected chi connectivity index (χ2v) is 6.34. The molecule has 0 aromatic rings. The van der Waals surface area contributed by atoms with Crippen molar-refractivity contribution in [1.82, 2.24) is 0 Å². The number of halogens is 1. The summed E-state index contributed by atoms with van der Waals surface area (Å²) in [5.41, 5.74) is 0. The molecule has 0 bridgehead atoms. The van der Waals surface area contributed by atoms with Crippen molar-refractivity contribution >= 4 is 0 Å². The van der Waals surface area contributed by atoms with E-state index < -0.39 is 18.2 Å². The maximum absolute atomic E-state index is 9.62. The standard InChI is InChI=1S/5Ag.IO6/c;;;;;2-1(3,4,5,6)7/q5*+1;-5. The Kier molecular flexibility index (Phi) is 24.9. The van der Waals surface area contributed by atoms with Crippen LogP contribution in [0.25, 0.3) is 0 Å². The van der Waals surface area contributed by atoms with E-state index in [1.165, 1.54) is 0 Å². The Hall–Kier alpha value is 4.19. The summed E-state index contributed by atoms with van der Waals surface area (Å²) < 4.78 is 52.0. The Labute approximate surface area is 147 Å². The SMILES string of the molecule is [Ag+].[Ag+].[Ag+].[Ag+].[Ag+].[O-][I+]([O-])([O-])([O-])([O-])[O-]. The zero-order chi connectivity index (χ0) is 6.41. The van der Waals surface area contributed by atoms with Gasteiger partial charge in [0.15, 0.2) is 0 Å². The van der Waals surface area contributed by atoms with Crippen LogP contribution in [0.5, 0.6) is 0 Å². The molecule has 0 unspecified atom stereocenters. The fourth-order valence-corrected chi connectivity index (χ4v) is 0. The van der Waals surface area contributed by atoms with E-state index in [0.29, 0.717) is 0 Å². The van der Waals surface area contributed by atoms with Crippen LogP contribution in [-0.2, 0) is 112 Å². The molecule has 0 aliphatic carbocycles. The topological polar surface area (TPSA) is 138 Å². The predicted octanol–water partition coefficient (Wildman–Crippen LogP) is -10.1. The molecule has 0 aliphatic heterocycles.